The van der Waals surface area contributed by atoms with Crippen LogP contribution in [-0.2, 0) is 5.88 Å². The van der Waals surface area contributed by atoms with Crippen LogP contribution in [0.2, 0.25) is 0 Å². The Hall–Kier alpha value is -0.870. The summed E-state index contributed by atoms with van der Waals surface area (Å²) in [6.45, 7) is 6.21. The van der Waals surface area contributed by atoms with E-state index < -0.39 is 0 Å². The summed E-state index contributed by atoms with van der Waals surface area (Å²) in [7, 11) is 0. The summed E-state index contributed by atoms with van der Waals surface area (Å²) in [6.07, 6.45) is 1.81. The highest BCUT2D eigenvalue weighted by Gasteiger charge is 2.15. The van der Waals surface area contributed by atoms with Crippen LogP contribution in [0.4, 0.5) is 0 Å². The topological polar surface area (TPSA) is 30.7 Å². The third-order valence-corrected chi connectivity index (χ3v) is 3.72. The zero-order valence-corrected chi connectivity index (χ0v) is 11.1. The monoisotopic (exact) mass is 255 g/mol. The normalized spacial score (nSPS) is 11.3. The second-order valence-electron chi connectivity index (χ2n) is 3.89. The molecule has 0 saturated heterocycles. The molecular weight excluding hydrogens is 242 g/mol. The first kappa shape index (κ1) is 11.6. The lowest BCUT2D eigenvalue weighted by Crippen LogP contribution is -2.05. The molecule has 0 atom stereocenters. The molecule has 0 aliphatic carbocycles. The molecule has 0 amide bonds. The summed E-state index contributed by atoms with van der Waals surface area (Å²) in [5, 5.41) is 5.36. The summed E-state index contributed by atoms with van der Waals surface area (Å²) < 4.78 is 1.98. The van der Waals surface area contributed by atoms with Gasteiger partial charge < -0.3 is 0 Å². The number of halogens is 1. The summed E-state index contributed by atoms with van der Waals surface area (Å²) >= 11 is 7.58. The fourth-order valence-corrected chi connectivity index (χ4v) is 2.76. The summed E-state index contributed by atoms with van der Waals surface area (Å²) in [5.74, 6) is 0.504. The van der Waals surface area contributed by atoms with Gasteiger partial charge in [-0.05, 0) is 26.8 Å². The molecule has 0 saturated carbocycles. The van der Waals surface area contributed by atoms with E-state index in [1.807, 2.05) is 23.9 Å². The van der Waals surface area contributed by atoms with Crippen LogP contribution in [0.3, 0.4) is 0 Å². The number of hydrogen-bond acceptors (Lipinski definition) is 3. The van der Waals surface area contributed by atoms with Gasteiger partial charge >= 0.3 is 0 Å². The van der Waals surface area contributed by atoms with Crippen molar-refractivity contribution in [2.45, 2.75) is 32.7 Å². The lowest BCUT2D eigenvalue weighted by molar-refractivity contribution is 0.538. The van der Waals surface area contributed by atoms with Crippen molar-refractivity contribution >= 4 is 22.9 Å². The van der Waals surface area contributed by atoms with Crippen molar-refractivity contribution in [3.63, 3.8) is 0 Å². The third-order valence-electron chi connectivity index (χ3n) is 2.33. The molecule has 0 unspecified atom stereocenters. The maximum absolute atomic E-state index is 5.93. The zero-order chi connectivity index (χ0) is 11.7. The van der Waals surface area contributed by atoms with Gasteiger partial charge in [-0.15, -0.1) is 22.9 Å². The third kappa shape index (κ3) is 1.99. The first-order chi connectivity index (χ1) is 7.63. The molecule has 0 aliphatic rings. The van der Waals surface area contributed by atoms with Gasteiger partial charge in [-0.1, -0.05) is 0 Å². The number of thiazole rings is 1. The van der Waals surface area contributed by atoms with Gasteiger partial charge in [0.15, 0.2) is 0 Å². The molecule has 0 radical (unpaired) electrons. The van der Waals surface area contributed by atoms with Gasteiger partial charge in [0.1, 0.15) is 5.69 Å². The maximum atomic E-state index is 5.93. The standard InChI is InChI=1S/C11H14ClN3S/c1-7(2)15-9(4-5-13-15)11-10(6-12)16-8(3)14-11/h4-5,7H,6H2,1-3H3. The van der Waals surface area contributed by atoms with E-state index in [0.717, 1.165) is 21.3 Å². The maximum Gasteiger partial charge on any atom is 0.104 e. The van der Waals surface area contributed by atoms with E-state index >= 15 is 0 Å². The fourth-order valence-electron chi connectivity index (χ4n) is 1.67. The molecule has 0 fully saturated rings. The molecule has 2 rings (SSSR count). The van der Waals surface area contributed by atoms with Crippen LogP contribution < -0.4 is 0 Å². The molecule has 5 heteroatoms. The van der Waals surface area contributed by atoms with E-state index in [-0.39, 0.29) is 0 Å². The van der Waals surface area contributed by atoms with E-state index in [0.29, 0.717) is 11.9 Å². The number of rotatable bonds is 3. The van der Waals surface area contributed by atoms with Gasteiger partial charge in [0.05, 0.1) is 16.6 Å². The van der Waals surface area contributed by atoms with Crippen LogP contribution in [0, 0.1) is 6.92 Å². The summed E-state index contributed by atoms with van der Waals surface area (Å²) in [4.78, 5) is 5.65. The van der Waals surface area contributed by atoms with Crippen molar-refractivity contribution in [2.75, 3.05) is 0 Å². The number of alkyl halides is 1. The molecule has 0 bridgehead atoms. The number of hydrogen-bond donors (Lipinski definition) is 0. The molecular formula is C11H14ClN3S. The van der Waals surface area contributed by atoms with Crippen LogP contribution in [0.1, 0.15) is 29.8 Å². The Labute approximate surface area is 104 Å². The Kier molecular flexibility index (Phi) is 3.30. The average Bonchev–Trinajstić information content (AvgIpc) is 2.82. The van der Waals surface area contributed by atoms with E-state index in [2.05, 4.69) is 23.9 Å². The molecule has 3 nitrogen and oxygen atoms in total. The van der Waals surface area contributed by atoms with Gasteiger partial charge in [-0.25, -0.2) is 4.98 Å². The van der Waals surface area contributed by atoms with Gasteiger partial charge in [0.25, 0.3) is 0 Å². The highest BCUT2D eigenvalue weighted by Crippen LogP contribution is 2.30. The highest BCUT2D eigenvalue weighted by atomic mass is 35.5. The molecule has 2 aromatic heterocycles. The molecule has 2 aromatic rings. The van der Waals surface area contributed by atoms with Crippen molar-refractivity contribution in [3.8, 4) is 11.4 Å². The van der Waals surface area contributed by atoms with Gasteiger partial charge in [-0.2, -0.15) is 5.10 Å². The summed E-state index contributed by atoms with van der Waals surface area (Å²) in [5.41, 5.74) is 2.03. The molecule has 0 spiro atoms. The molecule has 16 heavy (non-hydrogen) atoms. The van der Waals surface area contributed by atoms with Crippen LogP contribution in [0.15, 0.2) is 12.3 Å². The number of nitrogens with zero attached hydrogens (tertiary/aromatic N) is 3. The smallest absolute Gasteiger partial charge is 0.104 e. The van der Waals surface area contributed by atoms with Crippen LogP contribution in [0.5, 0.6) is 0 Å². The lowest BCUT2D eigenvalue weighted by Gasteiger charge is -2.09. The van der Waals surface area contributed by atoms with Crippen LogP contribution in [0.25, 0.3) is 11.4 Å². The fraction of sp³-hybridized carbons (Fsp3) is 0.455. The SMILES string of the molecule is Cc1nc(-c2ccnn2C(C)C)c(CCl)s1. The predicted octanol–water partition coefficient (Wildman–Crippen LogP) is 3.63. The minimum atomic E-state index is 0.329. The second kappa shape index (κ2) is 4.55. The minimum absolute atomic E-state index is 0.329. The Balaban J connectivity index is 2.53. The Morgan fingerprint density at radius 2 is 2.25 bits per heavy atom. The molecule has 0 aliphatic heterocycles. The van der Waals surface area contributed by atoms with Crippen molar-refractivity contribution in [2.24, 2.45) is 0 Å². The van der Waals surface area contributed by atoms with Crippen LogP contribution in [-0.4, -0.2) is 14.8 Å². The zero-order valence-electron chi connectivity index (χ0n) is 9.57. The van der Waals surface area contributed by atoms with Crippen molar-refractivity contribution in [1.29, 1.82) is 0 Å². The quantitative estimate of drug-likeness (QED) is 0.784. The summed E-state index contributed by atoms with van der Waals surface area (Å²) in [6, 6.07) is 2.32. The van der Waals surface area contributed by atoms with Crippen molar-refractivity contribution in [1.82, 2.24) is 14.8 Å². The van der Waals surface area contributed by atoms with Gasteiger partial charge in [0.2, 0.25) is 0 Å². The molecule has 2 heterocycles. The number of aryl methyl sites for hydroxylation is 1. The Morgan fingerprint density at radius 3 is 2.88 bits per heavy atom. The molecule has 0 aromatic carbocycles. The largest absolute Gasteiger partial charge is 0.261 e. The Morgan fingerprint density at radius 1 is 1.50 bits per heavy atom. The first-order valence-electron chi connectivity index (χ1n) is 5.19. The van der Waals surface area contributed by atoms with Crippen LogP contribution >= 0.6 is 22.9 Å². The number of aromatic nitrogens is 3. The Bertz CT molecular complexity index is 487. The van der Waals surface area contributed by atoms with Crippen molar-refractivity contribution in [3.05, 3.63) is 22.1 Å². The molecule has 86 valence electrons. The first-order valence-corrected chi connectivity index (χ1v) is 6.54. The van der Waals surface area contributed by atoms with E-state index in [1.54, 1.807) is 11.3 Å². The minimum Gasteiger partial charge on any atom is -0.261 e. The second-order valence-corrected chi connectivity index (χ2v) is 5.45. The predicted molar refractivity (Wildman–Crippen MR) is 68.0 cm³/mol. The van der Waals surface area contributed by atoms with E-state index in [9.17, 15) is 0 Å². The van der Waals surface area contributed by atoms with Gasteiger partial charge in [0, 0.05) is 17.1 Å². The highest BCUT2D eigenvalue weighted by molar-refractivity contribution is 7.12. The lowest BCUT2D eigenvalue weighted by atomic mass is 10.2. The van der Waals surface area contributed by atoms with E-state index in [4.69, 9.17) is 11.6 Å². The average molecular weight is 256 g/mol. The molecule has 0 N–H and O–H groups in total. The van der Waals surface area contributed by atoms with Gasteiger partial charge in [-0.3, -0.25) is 4.68 Å². The van der Waals surface area contributed by atoms with Crippen molar-refractivity contribution < 1.29 is 0 Å². The van der Waals surface area contributed by atoms with E-state index in [1.165, 1.54) is 0 Å².